The summed E-state index contributed by atoms with van der Waals surface area (Å²) in [5.74, 6) is -0.438. The summed E-state index contributed by atoms with van der Waals surface area (Å²) in [6.45, 7) is 8.07. The van der Waals surface area contributed by atoms with Gasteiger partial charge in [0.25, 0.3) is 0 Å². The fourth-order valence-electron chi connectivity index (χ4n) is 3.66. The second kappa shape index (κ2) is 12.7. The van der Waals surface area contributed by atoms with E-state index in [1.807, 2.05) is 52.0 Å². The fourth-order valence-corrected chi connectivity index (χ4v) is 4.72. The zero-order valence-electron chi connectivity index (χ0n) is 21.6. The predicted molar refractivity (Wildman–Crippen MR) is 140 cm³/mol. The molecule has 192 valence electrons. The SMILES string of the molecule is CCC(C(=O)NCC(C)C)N(Cc1cccc(C)c1)C(=O)CN(c1ccccc1)S(=O)(=O)N(C)C. The van der Waals surface area contributed by atoms with Crippen molar-refractivity contribution >= 4 is 27.7 Å². The van der Waals surface area contributed by atoms with Gasteiger partial charge in [0.1, 0.15) is 12.6 Å². The maximum absolute atomic E-state index is 13.7. The third-order valence-corrected chi connectivity index (χ3v) is 7.39. The van der Waals surface area contributed by atoms with Gasteiger partial charge in [0.2, 0.25) is 11.8 Å². The van der Waals surface area contributed by atoms with Crippen molar-refractivity contribution in [1.82, 2.24) is 14.5 Å². The van der Waals surface area contributed by atoms with E-state index in [0.717, 1.165) is 19.7 Å². The molecule has 1 N–H and O–H groups in total. The highest BCUT2D eigenvalue weighted by atomic mass is 32.2. The minimum Gasteiger partial charge on any atom is -0.354 e. The summed E-state index contributed by atoms with van der Waals surface area (Å²) in [5, 5.41) is 2.93. The Morgan fingerprint density at radius 2 is 1.66 bits per heavy atom. The quantitative estimate of drug-likeness (QED) is 0.483. The van der Waals surface area contributed by atoms with Crippen LogP contribution in [0.5, 0.6) is 0 Å². The molecule has 0 saturated carbocycles. The number of hydrogen-bond acceptors (Lipinski definition) is 4. The molecule has 0 fully saturated rings. The third-order valence-electron chi connectivity index (χ3n) is 5.57. The summed E-state index contributed by atoms with van der Waals surface area (Å²) >= 11 is 0. The minimum atomic E-state index is -3.96. The molecule has 2 rings (SSSR count). The zero-order valence-corrected chi connectivity index (χ0v) is 22.4. The van der Waals surface area contributed by atoms with Crippen molar-refractivity contribution < 1.29 is 18.0 Å². The first-order chi connectivity index (χ1) is 16.5. The summed E-state index contributed by atoms with van der Waals surface area (Å²) in [5.41, 5.74) is 2.28. The monoisotopic (exact) mass is 502 g/mol. The fraction of sp³-hybridized carbons (Fsp3) is 0.462. The molecule has 0 aliphatic carbocycles. The number of carbonyl (C=O) groups is 2. The molecular weight excluding hydrogens is 464 g/mol. The van der Waals surface area contributed by atoms with Crippen molar-refractivity contribution in [3.05, 3.63) is 65.7 Å². The number of benzene rings is 2. The van der Waals surface area contributed by atoms with E-state index < -0.39 is 28.7 Å². The van der Waals surface area contributed by atoms with Gasteiger partial charge in [-0.15, -0.1) is 0 Å². The number of nitrogens with zero attached hydrogens (tertiary/aromatic N) is 3. The Morgan fingerprint density at radius 3 is 2.20 bits per heavy atom. The highest BCUT2D eigenvalue weighted by molar-refractivity contribution is 7.90. The van der Waals surface area contributed by atoms with E-state index in [9.17, 15) is 18.0 Å². The van der Waals surface area contributed by atoms with Crippen LogP contribution >= 0.6 is 0 Å². The van der Waals surface area contributed by atoms with Crippen molar-refractivity contribution in [3.63, 3.8) is 0 Å². The number of carbonyl (C=O) groups excluding carboxylic acids is 2. The first kappa shape index (κ1) is 28.3. The van der Waals surface area contributed by atoms with Crippen molar-refractivity contribution in [1.29, 1.82) is 0 Å². The van der Waals surface area contributed by atoms with Crippen LogP contribution in [0.1, 0.15) is 38.3 Å². The van der Waals surface area contributed by atoms with Crippen LogP contribution in [0, 0.1) is 12.8 Å². The van der Waals surface area contributed by atoms with Gasteiger partial charge >= 0.3 is 10.2 Å². The van der Waals surface area contributed by atoms with E-state index in [0.29, 0.717) is 18.7 Å². The first-order valence-electron chi connectivity index (χ1n) is 11.8. The van der Waals surface area contributed by atoms with Gasteiger partial charge < -0.3 is 10.2 Å². The lowest BCUT2D eigenvalue weighted by Gasteiger charge is -2.34. The van der Waals surface area contributed by atoms with Gasteiger partial charge in [-0.2, -0.15) is 12.7 Å². The second-order valence-electron chi connectivity index (χ2n) is 9.21. The van der Waals surface area contributed by atoms with E-state index >= 15 is 0 Å². The number of amides is 2. The highest BCUT2D eigenvalue weighted by Crippen LogP contribution is 2.21. The van der Waals surface area contributed by atoms with Gasteiger partial charge in [0.05, 0.1) is 5.69 Å². The second-order valence-corrected chi connectivity index (χ2v) is 11.3. The van der Waals surface area contributed by atoms with Crippen molar-refractivity contribution in [2.24, 2.45) is 5.92 Å². The Labute approximate surface area is 210 Å². The number of rotatable bonds is 12. The van der Waals surface area contributed by atoms with Crippen molar-refractivity contribution in [3.8, 4) is 0 Å². The Kier molecular flexibility index (Phi) is 10.3. The van der Waals surface area contributed by atoms with Gasteiger partial charge in [-0.3, -0.25) is 9.59 Å². The van der Waals surface area contributed by atoms with Crippen molar-refractivity contribution in [2.45, 2.75) is 46.7 Å². The lowest BCUT2D eigenvalue weighted by molar-refractivity contribution is -0.140. The van der Waals surface area contributed by atoms with Crippen LogP contribution in [0.3, 0.4) is 0 Å². The molecular formula is C26H38N4O4S. The molecule has 8 nitrogen and oxygen atoms in total. The van der Waals surface area contributed by atoms with Crippen molar-refractivity contribution in [2.75, 3.05) is 31.5 Å². The average molecular weight is 503 g/mol. The third kappa shape index (κ3) is 7.80. The van der Waals surface area contributed by atoms with E-state index in [2.05, 4.69) is 5.32 Å². The molecule has 0 aromatic heterocycles. The molecule has 0 radical (unpaired) electrons. The Balaban J connectivity index is 2.46. The zero-order chi connectivity index (χ0) is 26.2. The Bertz CT molecular complexity index is 1090. The first-order valence-corrected chi connectivity index (χ1v) is 13.2. The summed E-state index contributed by atoms with van der Waals surface area (Å²) in [6.07, 6.45) is 0.396. The summed E-state index contributed by atoms with van der Waals surface area (Å²) in [4.78, 5) is 28.3. The Morgan fingerprint density at radius 1 is 1.00 bits per heavy atom. The summed E-state index contributed by atoms with van der Waals surface area (Å²) in [7, 11) is -1.11. The van der Waals surface area contributed by atoms with Crippen LogP contribution in [0.4, 0.5) is 5.69 Å². The number of anilines is 1. The lowest BCUT2D eigenvalue weighted by Crippen LogP contribution is -2.53. The topological polar surface area (TPSA) is 90.0 Å². The summed E-state index contributed by atoms with van der Waals surface area (Å²) < 4.78 is 28.4. The summed E-state index contributed by atoms with van der Waals surface area (Å²) in [6, 6.07) is 15.5. The van der Waals surface area contributed by atoms with E-state index in [1.165, 1.54) is 19.0 Å². The number of nitrogens with one attached hydrogen (secondary N) is 1. The van der Waals surface area contributed by atoms with Gasteiger partial charge in [0.15, 0.2) is 0 Å². The number of aryl methyl sites for hydroxylation is 1. The maximum atomic E-state index is 13.7. The van der Waals surface area contributed by atoms with Crippen LogP contribution in [0.15, 0.2) is 54.6 Å². The van der Waals surface area contributed by atoms with Gasteiger partial charge in [0, 0.05) is 27.2 Å². The molecule has 1 atom stereocenters. The van der Waals surface area contributed by atoms with E-state index in [-0.39, 0.29) is 18.4 Å². The largest absolute Gasteiger partial charge is 0.354 e. The molecule has 35 heavy (non-hydrogen) atoms. The molecule has 0 spiro atoms. The normalized spacial score (nSPS) is 12.5. The molecule has 0 bridgehead atoms. The molecule has 1 unspecified atom stereocenters. The van der Waals surface area contributed by atoms with Crippen LogP contribution in [0.2, 0.25) is 0 Å². The molecule has 9 heteroatoms. The highest BCUT2D eigenvalue weighted by Gasteiger charge is 2.33. The van der Waals surface area contributed by atoms with Crippen LogP contribution < -0.4 is 9.62 Å². The van der Waals surface area contributed by atoms with E-state index in [1.54, 1.807) is 30.3 Å². The van der Waals surface area contributed by atoms with Crippen LogP contribution in [-0.4, -0.2) is 62.7 Å². The molecule has 2 aromatic carbocycles. The molecule has 0 saturated heterocycles. The standard InChI is InChI=1S/C26H38N4O4S/c1-7-24(26(32)27-17-20(2)3)29(18-22-13-11-12-21(4)16-22)25(31)19-30(35(33,34)28(5)6)23-14-9-8-10-15-23/h8-16,20,24H,7,17-19H2,1-6H3,(H,27,32). The van der Waals surface area contributed by atoms with Crippen LogP contribution in [0.25, 0.3) is 0 Å². The van der Waals surface area contributed by atoms with Gasteiger partial charge in [-0.05, 0) is 37.0 Å². The van der Waals surface area contributed by atoms with Gasteiger partial charge in [-0.25, -0.2) is 4.31 Å². The predicted octanol–water partition coefficient (Wildman–Crippen LogP) is 3.19. The van der Waals surface area contributed by atoms with Crippen LogP contribution in [-0.2, 0) is 26.3 Å². The molecule has 2 amide bonds. The molecule has 0 heterocycles. The number of para-hydroxylation sites is 1. The average Bonchev–Trinajstić information content (AvgIpc) is 2.81. The minimum absolute atomic E-state index is 0.193. The number of hydrogen-bond donors (Lipinski definition) is 1. The van der Waals surface area contributed by atoms with Gasteiger partial charge in [-0.1, -0.05) is 68.8 Å². The Hall–Kier alpha value is -2.91. The molecule has 2 aromatic rings. The van der Waals surface area contributed by atoms with E-state index in [4.69, 9.17) is 0 Å². The molecule has 0 aliphatic rings. The lowest BCUT2D eigenvalue weighted by atomic mass is 10.1. The maximum Gasteiger partial charge on any atom is 0.304 e. The molecule has 0 aliphatic heterocycles. The smallest absolute Gasteiger partial charge is 0.304 e.